The highest BCUT2D eigenvalue weighted by Gasteiger charge is 2.32. The molecule has 7 heteroatoms. The highest BCUT2D eigenvalue weighted by atomic mass is 79.9. The van der Waals surface area contributed by atoms with Crippen LogP contribution in [-0.4, -0.2) is 35.7 Å². The predicted molar refractivity (Wildman–Crippen MR) is 116 cm³/mol. The molecule has 1 saturated heterocycles. The van der Waals surface area contributed by atoms with Gasteiger partial charge in [0, 0.05) is 20.1 Å². The van der Waals surface area contributed by atoms with Crippen LogP contribution in [0.5, 0.6) is 5.75 Å². The van der Waals surface area contributed by atoms with Crippen molar-refractivity contribution in [3.05, 3.63) is 62.0 Å². The highest BCUT2D eigenvalue weighted by Crippen LogP contribution is 2.41. The number of benzene rings is 2. The maximum atomic E-state index is 11.4. The molecule has 150 valence electrons. The Hall–Kier alpha value is -1.27. The Morgan fingerprint density at radius 1 is 1.21 bits per heavy atom. The van der Waals surface area contributed by atoms with Crippen LogP contribution in [0.2, 0.25) is 10.0 Å². The normalized spacial score (nSPS) is 16.7. The summed E-state index contributed by atoms with van der Waals surface area (Å²) in [4.78, 5) is 13.6. The van der Waals surface area contributed by atoms with Crippen molar-refractivity contribution in [2.24, 2.45) is 5.92 Å². The third kappa shape index (κ3) is 4.82. The summed E-state index contributed by atoms with van der Waals surface area (Å²) in [5.74, 6) is -0.230. The second-order valence-electron chi connectivity index (χ2n) is 6.83. The summed E-state index contributed by atoms with van der Waals surface area (Å²) >= 11 is 16.3. The van der Waals surface area contributed by atoms with Crippen LogP contribution in [0.25, 0.3) is 0 Å². The van der Waals surface area contributed by atoms with E-state index in [1.165, 1.54) is 0 Å². The maximum absolute atomic E-state index is 11.4. The predicted octanol–water partition coefficient (Wildman–Crippen LogP) is 6.04. The van der Waals surface area contributed by atoms with Crippen molar-refractivity contribution in [3.8, 4) is 5.75 Å². The lowest BCUT2D eigenvalue weighted by Crippen LogP contribution is -2.39. The third-order valence-electron chi connectivity index (χ3n) is 5.07. The smallest absolute Gasteiger partial charge is 0.306 e. The number of likely N-dealkylation sites (tertiary alicyclic amines) is 1. The van der Waals surface area contributed by atoms with Gasteiger partial charge >= 0.3 is 5.97 Å². The molecular weight excluding hydrogens is 465 g/mol. The summed E-state index contributed by atoms with van der Waals surface area (Å²) in [6.45, 7) is 3.84. The van der Waals surface area contributed by atoms with Crippen molar-refractivity contribution in [3.63, 3.8) is 0 Å². The standard InChI is InChI=1S/C21H22BrCl2NO3/c1-2-28-19-6-3-14(22)11-17(19)20(16-5-4-15(23)12-18(16)24)25-9-7-13(8-10-25)21(26)27/h3-6,11-13,20H,2,7-10H2,1H3,(H,26,27). The first kappa shape index (κ1) is 21.4. The Bertz CT molecular complexity index is 854. The lowest BCUT2D eigenvalue weighted by Gasteiger charge is -2.38. The molecule has 28 heavy (non-hydrogen) atoms. The van der Waals surface area contributed by atoms with Gasteiger partial charge in [0.25, 0.3) is 0 Å². The van der Waals surface area contributed by atoms with Crippen molar-refractivity contribution in [1.29, 1.82) is 0 Å². The molecule has 1 fully saturated rings. The Kier molecular flexibility index (Phi) is 7.26. The Balaban J connectivity index is 2.06. The topological polar surface area (TPSA) is 49.8 Å². The molecule has 0 amide bonds. The fraction of sp³-hybridized carbons (Fsp3) is 0.381. The zero-order chi connectivity index (χ0) is 20.3. The van der Waals surface area contributed by atoms with E-state index in [-0.39, 0.29) is 12.0 Å². The molecule has 1 unspecified atom stereocenters. The Labute approximate surface area is 183 Å². The number of aliphatic carboxylic acids is 1. The number of rotatable bonds is 6. The molecule has 2 aromatic rings. The van der Waals surface area contributed by atoms with Gasteiger partial charge in [-0.25, -0.2) is 0 Å². The van der Waals surface area contributed by atoms with Crippen LogP contribution in [0.15, 0.2) is 40.9 Å². The van der Waals surface area contributed by atoms with E-state index in [9.17, 15) is 9.90 Å². The average Bonchev–Trinajstić information content (AvgIpc) is 2.66. The van der Waals surface area contributed by atoms with Crippen molar-refractivity contribution in [2.75, 3.05) is 19.7 Å². The van der Waals surface area contributed by atoms with Crippen molar-refractivity contribution < 1.29 is 14.6 Å². The van der Waals surface area contributed by atoms with Crippen LogP contribution in [0.4, 0.5) is 0 Å². The van der Waals surface area contributed by atoms with Crippen LogP contribution >= 0.6 is 39.1 Å². The zero-order valence-corrected chi connectivity index (χ0v) is 18.6. The maximum Gasteiger partial charge on any atom is 0.306 e. The fourth-order valence-corrected chi connectivity index (χ4v) is 4.60. The van der Waals surface area contributed by atoms with Crippen molar-refractivity contribution in [1.82, 2.24) is 4.90 Å². The molecule has 1 aliphatic heterocycles. The molecule has 4 nitrogen and oxygen atoms in total. The first-order chi connectivity index (χ1) is 13.4. The highest BCUT2D eigenvalue weighted by molar-refractivity contribution is 9.10. The number of halogens is 3. The van der Waals surface area contributed by atoms with Gasteiger partial charge in [-0.05, 0) is 68.8 Å². The Morgan fingerprint density at radius 3 is 2.54 bits per heavy atom. The summed E-state index contributed by atoms with van der Waals surface area (Å²) in [5, 5.41) is 10.5. The van der Waals surface area contributed by atoms with Gasteiger partial charge < -0.3 is 9.84 Å². The van der Waals surface area contributed by atoms with E-state index in [0.29, 0.717) is 42.6 Å². The lowest BCUT2D eigenvalue weighted by molar-refractivity contribution is -0.143. The van der Waals surface area contributed by atoms with Crippen LogP contribution in [0.1, 0.15) is 36.9 Å². The third-order valence-corrected chi connectivity index (χ3v) is 6.12. The monoisotopic (exact) mass is 485 g/mol. The van der Waals surface area contributed by atoms with E-state index in [1.54, 1.807) is 6.07 Å². The van der Waals surface area contributed by atoms with E-state index in [0.717, 1.165) is 21.3 Å². The quantitative estimate of drug-likeness (QED) is 0.540. The first-order valence-electron chi connectivity index (χ1n) is 9.24. The second kappa shape index (κ2) is 9.49. The summed E-state index contributed by atoms with van der Waals surface area (Å²) < 4.78 is 6.84. The molecule has 1 atom stereocenters. The van der Waals surface area contributed by atoms with Crippen molar-refractivity contribution in [2.45, 2.75) is 25.8 Å². The van der Waals surface area contributed by atoms with Gasteiger partial charge in [0.05, 0.1) is 18.6 Å². The van der Waals surface area contributed by atoms with E-state index < -0.39 is 5.97 Å². The summed E-state index contributed by atoms with van der Waals surface area (Å²) in [6.07, 6.45) is 1.21. The van der Waals surface area contributed by atoms with Gasteiger partial charge in [0.2, 0.25) is 0 Å². The number of hydrogen-bond donors (Lipinski definition) is 1. The van der Waals surface area contributed by atoms with Gasteiger partial charge in [0.15, 0.2) is 0 Å². The van der Waals surface area contributed by atoms with Crippen LogP contribution < -0.4 is 4.74 Å². The van der Waals surface area contributed by atoms with Gasteiger partial charge in [-0.3, -0.25) is 9.69 Å². The van der Waals surface area contributed by atoms with Gasteiger partial charge in [-0.2, -0.15) is 0 Å². The van der Waals surface area contributed by atoms with E-state index >= 15 is 0 Å². The number of carbonyl (C=O) groups is 1. The van der Waals surface area contributed by atoms with Crippen LogP contribution in [-0.2, 0) is 4.79 Å². The van der Waals surface area contributed by atoms with Crippen LogP contribution in [0.3, 0.4) is 0 Å². The number of piperidine rings is 1. The fourth-order valence-electron chi connectivity index (χ4n) is 3.71. The molecule has 0 aromatic heterocycles. The average molecular weight is 487 g/mol. The zero-order valence-electron chi connectivity index (χ0n) is 15.5. The molecule has 0 spiro atoms. The molecule has 0 aliphatic carbocycles. The van der Waals surface area contributed by atoms with Crippen LogP contribution in [0, 0.1) is 5.92 Å². The minimum absolute atomic E-state index is 0.154. The first-order valence-corrected chi connectivity index (χ1v) is 10.8. The molecule has 1 N–H and O–H groups in total. The number of carboxylic acid groups (broad SMARTS) is 1. The lowest BCUT2D eigenvalue weighted by atomic mass is 9.91. The molecular formula is C21H22BrCl2NO3. The molecule has 3 rings (SSSR count). The minimum Gasteiger partial charge on any atom is -0.494 e. The molecule has 0 radical (unpaired) electrons. The van der Waals surface area contributed by atoms with Gasteiger partial charge in [-0.15, -0.1) is 0 Å². The number of nitrogens with zero attached hydrogens (tertiary/aromatic N) is 1. The molecule has 1 aliphatic rings. The van der Waals surface area contributed by atoms with E-state index in [2.05, 4.69) is 20.8 Å². The number of hydrogen-bond acceptors (Lipinski definition) is 3. The SMILES string of the molecule is CCOc1ccc(Br)cc1C(c1ccc(Cl)cc1Cl)N1CCC(C(=O)O)CC1. The summed E-state index contributed by atoms with van der Waals surface area (Å²) in [6, 6.07) is 11.3. The summed E-state index contributed by atoms with van der Waals surface area (Å²) in [5.41, 5.74) is 1.92. The van der Waals surface area contributed by atoms with Gasteiger partial charge in [-0.1, -0.05) is 45.2 Å². The van der Waals surface area contributed by atoms with Gasteiger partial charge in [0.1, 0.15) is 5.75 Å². The largest absolute Gasteiger partial charge is 0.494 e. The van der Waals surface area contributed by atoms with E-state index in [1.807, 2.05) is 37.3 Å². The second-order valence-corrected chi connectivity index (χ2v) is 8.59. The summed E-state index contributed by atoms with van der Waals surface area (Å²) in [7, 11) is 0. The number of ether oxygens (including phenoxy) is 1. The Morgan fingerprint density at radius 2 is 1.93 bits per heavy atom. The molecule has 1 heterocycles. The number of carboxylic acids is 1. The minimum atomic E-state index is -0.724. The van der Waals surface area contributed by atoms with E-state index in [4.69, 9.17) is 27.9 Å². The molecule has 0 bridgehead atoms. The van der Waals surface area contributed by atoms with Crippen molar-refractivity contribution >= 4 is 45.1 Å². The molecule has 2 aromatic carbocycles. The molecule has 0 saturated carbocycles.